The molecule has 0 aliphatic carbocycles. The topological polar surface area (TPSA) is 62.0 Å². The second-order valence-corrected chi connectivity index (χ2v) is 3.88. The predicted molar refractivity (Wildman–Crippen MR) is 43.8 cm³/mol. The van der Waals surface area contributed by atoms with Crippen LogP contribution in [0, 0.1) is 5.41 Å². The Hall–Kier alpha value is -1.19. The first-order valence-electron chi connectivity index (χ1n) is 3.77. The lowest BCUT2D eigenvalue weighted by molar-refractivity contribution is -0.117. The number of azo groups is 1. The van der Waals surface area contributed by atoms with Crippen molar-refractivity contribution in [1.82, 2.24) is 0 Å². The van der Waals surface area contributed by atoms with Gasteiger partial charge in [-0.1, -0.05) is 20.8 Å². The Morgan fingerprint density at radius 2 is 2.08 bits per heavy atom. The van der Waals surface area contributed by atoms with Gasteiger partial charge in [0.1, 0.15) is 0 Å². The van der Waals surface area contributed by atoms with Crippen LogP contribution in [0.5, 0.6) is 0 Å². The first-order valence-corrected chi connectivity index (χ1v) is 3.77. The predicted octanol–water partition coefficient (Wildman–Crippen LogP) is 1.84. The van der Waals surface area contributed by atoms with Crippen molar-refractivity contribution in [3.8, 4) is 0 Å². The molecule has 1 amide bonds. The van der Waals surface area contributed by atoms with Crippen molar-refractivity contribution in [2.45, 2.75) is 26.8 Å². The van der Waals surface area contributed by atoms with E-state index >= 15 is 0 Å². The molecule has 66 valence electrons. The number of aliphatic hydroxyl groups is 1. The van der Waals surface area contributed by atoms with E-state index < -0.39 is 5.91 Å². The van der Waals surface area contributed by atoms with Gasteiger partial charge >= 0.3 is 5.91 Å². The van der Waals surface area contributed by atoms with Gasteiger partial charge in [-0.2, -0.15) is 5.11 Å². The minimum Gasteiger partial charge on any atom is -0.503 e. The standard InChI is InChI=1S/C8H12N2O2/c1-8(2,3)6-4-5(11)7(12)10-9-6/h4,6,11H,1-3H3. The number of amides is 1. The largest absolute Gasteiger partial charge is 0.503 e. The number of nitrogens with zero attached hydrogens (tertiary/aromatic N) is 2. The van der Waals surface area contributed by atoms with E-state index in [1.165, 1.54) is 6.08 Å². The molecule has 0 bridgehead atoms. The third-order valence-corrected chi connectivity index (χ3v) is 1.70. The van der Waals surface area contributed by atoms with Crippen LogP contribution in [-0.2, 0) is 4.79 Å². The quantitative estimate of drug-likeness (QED) is 0.599. The SMILES string of the molecule is CC(C)(C)C1C=C(O)C(=O)N=N1. The molecule has 4 heteroatoms. The van der Waals surface area contributed by atoms with Crippen molar-refractivity contribution in [3.05, 3.63) is 11.8 Å². The lowest BCUT2D eigenvalue weighted by Crippen LogP contribution is -2.25. The second-order valence-electron chi connectivity index (χ2n) is 3.88. The summed E-state index contributed by atoms with van der Waals surface area (Å²) < 4.78 is 0. The molecular formula is C8H12N2O2. The molecule has 0 spiro atoms. The molecule has 1 unspecified atom stereocenters. The summed E-state index contributed by atoms with van der Waals surface area (Å²) >= 11 is 0. The maximum Gasteiger partial charge on any atom is 0.329 e. The van der Waals surface area contributed by atoms with E-state index in [2.05, 4.69) is 10.2 Å². The number of hydrogen-bond donors (Lipinski definition) is 1. The summed E-state index contributed by atoms with van der Waals surface area (Å²) in [6.07, 6.45) is 1.44. The van der Waals surface area contributed by atoms with Crippen LogP contribution in [0.25, 0.3) is 0 Å². The number of rotatable bonds is 0. The van der Waals surface area contributed by atoms with Crippen LogP contribution in [0.1, 0.15) is 20.8 Å². The van der Waals surface area contributed by atoms with Gasteiger partial charge in [0, 0.05) is 0 Å². The molecule has 4 nitrogen and oxygen atoms in total. The third-order valence-electron chi connectivity index (χ3n) is 1.70. The molecule has 0 saturated carbocycles. The fourth-order valence-electron chi connectivity index (χ4n) is 0.843. The molecule has 1 aliphatic heterocycles. The fraction of sp³-hybridized carbons (Fsp3) is 0.625. The van der Waals surface area contributed by atoms with Crippen LogP contribution in [0.3, 0.4) is 0 Å². The van der Waals surface area contributed by atoms with E-state index in [0.717, 1.165) is 0 Å². The average molecular weight is 168 g/mol. The monoisotopic (exact) mass is 168 g/mol. The zero-order chi connectivity index (χ0) is 9.35. The van der Waals surface area contributed by atoms with Crippen molar-refractivity contribution in [2.24, 2.45) is 15.6 Å². The molecule has 0 radical (unpaired) electrons. The zero-order valence-corrected chi connectivity index (χ0v) is 7.40. The highest BCUT2D eigenvalue weighted by molar-refractivity contribution is 5.92. The van der Waals surface area contributed by atoms with E-state index in [1.807, 2.05) is 20.8 Å². The van der Waals surface area contributed by atoms with E-state index in [4.69, 9.17) is 5.11 Å². The fourth-order valence-corrected chi connectivity index (χ4v) is 0.843. The van der Waals surface area contributed by atoms with E-state index in [1.54, 1.807) is 0 Å². The average Bonchev–Trinajstić information content (AvgIpc) is 1.92. The minimum absolute atomic E-state index is 0.113. The molecular weight excluding hydrogens is 156 g/mol. The van der Waals surface area contributed by atoms with Gasteiger partial charge in [0.2, 0.25) is 0 Å². The van der Waals surface area contributed by atoms with Crippen LogP contribution in [-0.4, -0.2) is 17.1 Å². The van der Waals surface area contributed by atoms with Crippen LogP contribution in [0.2, 0.25) is 0 Å². The van der Waals surface area contributed by atoms with Crippen molar-refractivity contribution in [2.75, 3.05) is 0 Å². The Labute approximate surface area is 71.0 Å². The van der Waals surface area contributed by atoms with E-state index in [9.17, 15) is 4.79 Å². The van der Waals surface area contributed by atoms with Crippen molar-refractivity contribution < 1.29 is 9.90 Å². The van der Waals surface area contributed by atoms with E-state index in [-0.39, 0.29) is 17.2 Å². The summed E-state index contributed by atoms with van der Waals surface area (Å²) in [6.45, 7) is 5.91. The Bertz CT molecular complexity index is 261. The number of carbonyl (C=O) groups is 1. The third kappa shape index (κ3) is 1.69. The van der Waals surface area contributed by atoms with Gasteiger partial charge in [0.15, 0.2) is 5.76 Å². The van der Waals surface area contributed by atoms with Gasteiger partial charge in [0.05, 0.1) is 6.04 Å². The normalized spacial score (nSPS) is 24.1. The molecule has 1 atom stereocenters. The molecule has 0 fully saturated rings. The number of carbonyl (C=O) groups excluding carboxylic acids is 1. The highest BCUT2D eigenvalue weighted by Gasteiger charge is 2.27. The van der Waals surface area contributed by atoms with Crippen molar-refractivity contribution in [3.63, 3.8) is 0 Å². The number of hydrogen-bond acceptors (Lipinski definition) is 3. The lowest BCUT2D eigenvalue weighted by atomic mass is 9.86. The molecule has 0 aromatic rings. The summed E-state index contributed by atoms with van der Waals surface area (Å²) in [5.74, 6) is -0.958. The van der Waals surface area contributed by atoms with Gasteiger partial charge < -0.3 is 5.11 Å². The zero-order valence-electron chi connectivity index (χ0n) is 7.40. The maximum atomic E-state index is 10.7. The molecule has 12 heavy (non-hydrogen) atoms. The highest BCUT2D eigenvalue weighted by atomic mass is 16.3. The summed E-state index contributed by atoms with van der Waals surface area (Å²) in [5.41, 5.74) is -0.113. The summed E-state index contributed by atoms with van der Waals surface area (Å²) in [7, 11) is 0. The van der Waals surface area contributed by atoms with Gasteiger partial charge in [-0.15, -0.1) is 5.11 Å². The van der Waals surface area contributed by atoms with Gasteiger partial charge in [0.25, 0.3) is 0 Å². The minimum atomic E-state index is -0.657. The smallest absolute Gasteiger partial charge is 0.329 e. The van der Waals surface area contributed by atoms with Crippen LogP contribution in [0.4, 0.5) is 0 Å². The summed E-state index contributed by atoms with van der Waals surface area (Å²) in [4.78, 5) is 10.7. The van der Waals surface area contributed by atoms with Crippen LogP contribution in [0.15, 0.2) is 22.1 Å². The second kappa shape index (κ2) is 2.69. The Balaban J connectivity index is 2.87. The van der Waals surface area contributed by atoms with Crippen molar-refractivity contribution in [1.29, 1.82) is 0 Å². The molecule has 1 aliphatic rings. The van der Waals surface area contributed by atoms with Crippen LogP contribution >= 0.6 is 0 Å². The highest BCUT2D eigenvalue weighted by Crippen LogP contribution is 2.26. The maximum absolute atomic E-state index is 10.7. The summed E-state index contributed by atoms with van der Waals surface area (Å²) in [5, 5.41) is 16.2. The molecule has 0 aromatic heterocycles. The first-order chi connectivity index (χ1) is 5.41. The summed E-state index contributed by atoms with van der Waals surface area (Å²) in [6, 6.07) is -0.213. The molecule has 0 saturated heterocycles. The Morgan fingerprint density at radius 3 is 2.50 bits per heavy atom. The van der Waals surface area contributed by atoms with Gasteiger partial charge in [-0.05, 0) is 11.5 Å². The van der Waals surface area contributed by atoms with E-state index in [0.29, 0.717) is 0 Å². The lowest BCUT2D eigenvalue weighted by Gasteiger charge is -2.24. The Morgan fingerprint density at radius 1 is 1.50 bits per heavy atom. The molecule has 1 heterocycles. The first kappa shape index (κ1) is 8.90. The molecule has 0 aromatic carbocycles. The van der Waals surface area contributed by atoms with Gasteiger partial charge in [-0.25, -0.2) is 0 Å². The Kier molecular flexibility index (Phi) is 2.00. The van der Waals surface area contributed by atoms with Crippen molar-refractivity contribution >= 4 is 5.91 Å². The number of aliphatic hydroxyl groups excluding tert-OH is 1. The van der Waals surface area contributed by atoms with Gasteiger partial charge in [-0.3, -0.25) is 4.79 Å². The molecule has 1 rings (SSSR count). The molecule has 1 N–H and O–H groups in total. The van der Waals surface area contributed by atoms with Crippen LogP contribution < -0.4 is 0 Å².